The molecule has 0 aromatic heterocycles. The molecule has 0 unspecified atom stereocenters. The third-order valence-corrected chi connectivity index (χ3v) is 3.85. The van der Waals surface area contributed by atoms with Crippen molar-refractivity contribution in [2.24, 2.45) is 5.10 Å². The lowest BCUT2D eigenvalue weighted by Crippen LogP contribution is -2.44. The Hall–Kier alpha value is -2.44. The third kappa shape index (κ3) is 2.24. The molecule has 0 bridgehead atoms. The molecule has 1 aliphatic heterocycles. The van der Waals surface area contributed by atoms with Crippen LogP contribution in [0.25, 0.3) is 0 Å². The first-order valence-corrected chi connectivity index (χ1v) is 6.85. The van der Waals surface area contributed by atoms with Crippen molar-refractivity contribution in [1.82, 2.24) is 5.01 Å². The molecule has 1 amide bonds. The van der Waals surface area contributed by atoms with Gasteiger partial charge < -0.3 is 4.74 Å². The standard InChI is InChI=1S/C14H15N3O4/c1-10(18)16-14(7-2-3-8-14)21-13(15-16)11-5-4-6-12(9-11)17(19)20/h4-6,9H,2-3,7-8H2,1H3. The quantitative estimate of drug-likeness (QED) is 0.618. The number of amides is 1. The van der Waals surface area contributed by atoms with Crippen LogP contribution in [0.4, 0.5) is 5.69 Å². The smallest absolute Gasteiger partial charge is 0.270 e. The van der Waals surface area contributed by atoms with Gasteiger partial charge in [-0.05, 0) is 18.9 Å². The average Bonchev–Trinajstić information content (AvgIpc) is 3.07. The number of nitrogens with zero attached hydrogens (tertiary/aromatic N) is 3. The van der Waals surface area contributed by atoms with Crippen LogP contribution in [-0.2, 0) is 9.53 Å². The third-order valence-electron chi connectivity index (χ3n) is 3.85. The maximum atomic E-state index is 11.8. The Morgan fingerprint density at radius 2 is 2.14 bits per heavy atom. The number of ether oxygens (including phenoxy) is 1. The molecule has 110 valence electrons. The van der Waals surface area contributed by atoms with Crippen LogP contribution in [0.5, 0.6) is 0 Å². The van der Waals surface area contributed by atoms with Gasteiger partial charge in [0.05, 0.1) is 4.92 Å². The van der Waals surface area contributed by atoms with Crippen LogP contribution in [0.15, 0.2) is 29.4 Å². The number of carbonyl (C=O) groups is 1. The Kier molecular flexibility index (Phi) is 3.12. The minimum Gasteiger partial charge on any atom is -0.447 e. The van der Waals surface area contributed by atoms with Crippen molar-refractivity contribution in [3.05, 3.63) is 39.9 Å². The molecule has 0 radical (unpaired) electrons. The summed E-state index contributed by atoms with van der Waals surface area (Å²) in [7, 11) is 0. The van der Waals surface area contributed by atoms with Crippen LogP contribution in [0.1, 0.15) is 38.2 Å². The number of non-ortho nitro benzene ring substituents is 1. The summed E-state index contributed by atoms with van der Waals surface area (Å²) in [6.45, 7) is 1.45. The molecule has 21 heavy (non-hydrogen) atoms. The van der Waals surface area contributed by atoms with E-state index in [2.05, 4.69) is 5.10 Å². The molecular formula is C14H15N3O4. The highest BCUT2D eigenvalue weighted by Crippen LogP contribution is 2.41. The van der Waals surface area contributed by atoms with E-state index in [9.17, 15) is 14.9 Å². The fourth-order valence-electron chi connectivity index (χ4n) is 2.89. The van der Waals surface area contributed by atoms with Gasteiger partial charge >= 0.3 is 0 Å². The molecule has 0 saturated heterocycles. The number of hydrogen-bond donors (Lipinski definition) is 0. The number of carbonyl (C=O) groups excluding carboxylic acids is 1. The largest absolute Gasteiger partial charge is 0.447 e. The lowest BCUT2D eigenvalue weighted by Gasteiger charge is -2.29. The van der Waals surface area contributed by atoms with E-state index in [1.165, 1.54) is 24.1 Å². The van der Waals surface area contributed by atoms with E-state index in [1.807, 2.05) is 0 Å². The van der Waals surface area contributed by atoms with Crippen LogP contribution in [0, 0.1) is 10.1 Å². The van der Waals surface area contributed by atoms with E-state index in [4.69, 9.17) is 4.74 Å². The second-order valence-corrected chi connectivity index (χ2v) is 5.30. The zero-order valence-corrected chi connectivity index (χ0v) is 11.6. The predicted octanol–water partition coefficient (Wildman–Crippen LogP) is 2.41. The molecule has 3 rings (SSSR count). The van der Waals surface area contributed by atoms with Crippen molar-refractivity contribution in [2.75, 3.05) is 0 Å². The van der Waals surface area contributed by atoms with Crippen LogP contribution in [0.2, 0.25) is 0 Å². The van der Waals surface area contributed by atoms with Gasteiger partial charge in [0.1, 0.15) is 0 Å². The number of benzene rings is 1. The summed E-state index contributed by atoms with van der Waals surface area (Å²) >= 11 is 0. The van der Waals surface area contributed by atoms with Gasteiger partial charge in [0, 0.05) is 37.5 Å². The fourth-order valence-corrected chi connectivity index (χ4v) is 2.89. The topological polar surface area (TPSA) is 85.0 Å². The molecule has 1 heterocycles. The van der Waals surface area contributed by atoms with Crippen LogP contribution in [0.3, 0.4) is 0 Å². The SMILES string of the molecule is CC(=O)N1N=C(c2cccc([N+](=O)[O-])c2)OC12CCCC2. The molecule has 1 aliphatic carbocycles. The second-order valence-electron chi connectivity index (χ2n) is 5.30. The Morgan fingerprint density at radius 1 is 1.43 bits per heavy atom. The normalized spacial score (nSPS) is 19.5. The van der Waals surface area contributed by atoms with Gasteiger partial charge in [-0.15, -0.1) is 5.10 Å². The summed E-state index contributed by atoms with van der Waals surface area (Å²) in [5.74, 6) is 0.0909. The highest BCUT2D eigenvalue weighted by atomic mass is 16.6. The van der Waals surface area contributed by atoms with Crippen molar-refractivity contribution in [1.29, 1.82) is 0 Å². The molecule has 1 saturated carbocycles. The number of rotatable bonds is 2. The van der Waals surface area contributed by atoms with Crippen molar-refractivity contribution in [2.45, 2.75) is 38.3 Å². The van der Waals surface area contributed by atoms with Crippen molar-refractivity contribution in [3.63, 3.8) is 0 Å². The van der Waals surface area contributed by atoms with E-state index >= 15 is 0 Å². The first kappa shape index (κ1) is 13.5. The molecule has 1 aromatic rings. The van der Waals surface area contributed by atoms with E-state index in [0.717, 1.165) is 25.7 Å². The van der Waals surface area contributed by atoms with Gasteiger partial charge in [0.15, 0.2) is 0 Å². The number of nitro groups is 1. The Balaban J connectivity index is 1.96. The molecule has 2 aliphatic rings. The Labute approximate surface area is 121 Å². The lowest BCUT2D eigenvalue weighted by atomic mass is 10.1. The van der Waals surface area contributed by atoms with Gasteiger partial charge in [-0.1, -0.05) is 6.07 Å². The van der Waals surface area contributed by atoms with Crippen LogP contribution < -0.4 is 0 Å². The van der Waals surface area contributed by atoms with Crippen molar-refractivity contribution in [3.8, 4) is 0 Å². The van der Waals surface area contributed by atoms with E-state index < -0.39 is 10.6 Å². The van der Waals surface area contributed by atoms with Gasteiger partial charge in [0.2, 0.25) is 17.5 Å². The van der Waals surface area contributed by atoms with Gasteiger partial charge in [-0.3, -0.25) is 14.9 Å². The highest BCUT2D eigenvalue weighted by Gasteiger charge is 2.49. The lowest BCUT2D eigenvalue weighted by molar-refractivity contribution is -0.384. The maximum Gasteiger partial charge on any atom is 0.270 e. The molecular weight excluding hydrogens is 274 g/mol. The van der Waals surface area contributed by atoms with Crippen molar-refractivity contribution < 1.29 is 14.5 Å². The summed E-state index contributed by atoms with van der Waals surface area (Å²) < 4.78 is 5.94. The summed E-state index contributed by atoms with van der Waals surface area (Å²) in [5, 5.41) is 16.5. The summed E-state index contributed by atoms with van der Waals surface area (Å²) in [6, 6.07) is 6.09. The maximum absolute atomic E-state index is 11.8. The van der Waals surface area contributed by atoms with E-state index in [-0.39, 0.29) is 17.5 Å². The molecule has 1 aromatic carbocycles. The molecule has 0 atom stereocenters. The highest BCUT2D eigenvalue weighted by molar-refractivity contribution is 5.97. The van der Waals surface area contributed by atoms with E-state index in [0.29, 0.717) is 5.56 Å². The number of hydrogen-bond acceptors (Lipinski definition) is 5. The summed E-state index contributed by atoms with van der Waals surface area (Å²) in [5.41, 5.74) is -0.217. The van der Waals surface area contributed by atoms with Gasteiger partial charge in [0.25, 0.3) is 5.69 Å². The molecule has 1 fully saturated rings. The van der Waals surface area contributed by atoms with Crippen LogP contribution >= 0.6 is 0 Å². The van der Waals surface area contributed by atoms with Crippen LogP contribution in [-0.4, -0.2) is 27.5 Å². The molecule has 7 heteroatoms. The summed E-state index contributed by atoms with van der Waals surface area (Å²) in [4.78, 5) is 22.2. The Bertz CT molecular complexity index is 635. The zero-order chi connectivity index (χ0) is 15.0. The average molecular weight is 289 g/mol. The minimum atomic E-state index is -0.703. The van der Waals surface area contributed by atoms with Gasteiger partial charge in [-0.25, -0.2) is 0 Å². The first-order valence-electron chi connectivity index (χ1n) is 6.85. The number of hydrazone groups is 1. The second kappa shape index (κ2) is 4.83. The minimum absolute atomic E-state index is 0.0273. The monoisotopic (exact) mass is 289 g/mol. The van der Waals surface area contributed by atoms with Crippen molar-refractivity contribution >= 4 is 17.5 Å². The van der Waals surface area contributed by atoms with E-state index in [1.54, 1.807) is 12.1 Å². The first-order chi connectivity index (χ1) is 10.0. The summed E-state index contributed by atoms with van der Waals surface area (Å²) in [6.07, 6.45) is 3.41. The van der Waals surface area contributed by atoms with Gasteiger partial charge in [-0.2, -0.15) is 5.01 Å². The predicted molar refractivity (Wildman–Crippen MR) is 74.4 cm³/mol. The Morgan fingerprint density at radius 3 is 2.76 bits per heavy atom. The molecule has 1 spiro atoms. The molecule has 0 N–H and O–H groups in total. The fraction of sp³-hybridized carbons (Fsp3) is 0.429. The zero-order valence-electron chi connectivity index (χ0n) is 11.6. The number of nitro benzene ring substituents is 1. The molecule has 7 nitrogen and oxygen atoms in total.